The lowest BCUT2D eigenvalue weighted by Gasteiger charge is -2.14. The van der Waals surface area contributed by atoms with Crippen molar-refractivity contribution in [2.75, 3.05) is 18.6 Å². The topological polar surface area (TPSA) is 46.6 Å². The quantitative estimate of drug-likeness (QED) is 0.788. The van der Waals surface area contributed by atoms with E-state index in [1.54, 1.807) is 31.2 Å². The van der Waals surface area contributed by atoms with Gasteiger partial charge in [-0.1, -0.05) is 17.7 Å². The molecule has 0 N–H and O–H groups in total. The molecule has 0 spiro atoms. The number of carbonyl (C=O) groups is 2. The number of fused-ring (bicyclic) bond motifs is 1. The van der Waals surface area contributed by atoms with Crippen LogP contribution in [0.3, 0.4) is 0 Å². The lowest BCUT2D eigenvalue weighted by molar-refractivity contribution is -0.114. The molecule has 0 fully saturated rings. The number of allylic oxidation sites excluding steroid dienone is 1. The third-order valence-corrected chi connectivity index (χ3v) is 2.89. The highest BCUT2D eigenvalue weighted by atomic mass is 35.5. The number of ketones is 1. The summed E-state index contributed by atoms with van der Waals surface area (Å²) in [6.45, 7) is 2.01. The molecule has 1 aromatic rings. The second-order valence-corrected chi connectivity index (χ2v) is 4.52. The van der Waals surface area contributed by atoms with Crippen molar-refractivity contribution in [3.8, 4) is 5.75 Å². The first-order valence-corrected chi connectivity index (χ1v) is 5.79. The molecule has 0 atom stereocenters. The van der Waals surface area contributed by atoms with Crippen molar-refractivity contribution in [1.82, 2.24) is 0 Å². The normalized spacial score (nSPS) is 15.1. The second-order valence-electron chi connectivity index (χ2n) is 3.92. The summed E-state index contributed by atoms with van der Waals surface area (Å²) in [6, 6.07) is 5.00. The van der Waals surface area contributed by atoms with E-state index < -0.39 is 11.7 Å². The maximum atomic E-state index is 11.8. The van der Waals surface area contributed by atoms with Gasteiger partial charge in [0.05, 0.1) is 18.4 Å². The number of methoxy groups -OCH3 is 1. The molecule has 5 heteroatoms. The van der Waals surface area contributed by atoms with Crippen molar-refractivity contribution in [3.63, 3.8) is 0 Å². The molecule has 1 amide bonds. The molecule has 1 heterocycles. The van der Waals surface area contributed by atoms with Gasteiger partial charge in [-0.15, -0.1) is 0 Å². The summed E-state index contributed by atoms with van der Waals surface area (Å²) in [5.41, 5.74) is 0.972. The van der Waals surface area contributed by atoms with Gasteiger partial charge in [-0.25, -0.2) is 0 Å². The minimum Gasteiger partial charge on any atom is -0.497 e. The number of ether oxygens (including phenoxy) is 1. The molecule has 2 rings (SSSR count). The van der Waals surface area contributed by atoms with Gasteiger partial charge in [0.15, 0.2) is 0 Å². The number of hydrogen-bond donors (Lipinski definition) is 0. The Morgan fingerprint density at radius 2 is 2.17 bits per heavy atom. The Morgan fingerprint density at radius 3 is 2.78 bits per heavy atom. The molecule has 1 aromatic carbocycles. The van der Waals surface area contributed by atoms with Crippen LogP contribution in [0.15, 0.2) is 29.3 Å². The molecule has 0 aliphatic carbocycles. The summed E-state index contributed by atoms with van der Waals surface area (Å²) in [7, 11) is 1.51. The number of rotatable bonds is 3. The molecule has 1 aliphatic heterocycles. The molecule has 0 saturated heterocycles. The van der Waals surface area contributed by atoms with Crippen molar-refractivity contribution >= 4 is 29.0 Å². The van der Waals surface area contributed by atoms with Crippen LogP contribution in [0.25, 0.3) is 0 Å². The molecular weight excluding hydrogens is 254 g/mol. The highest BCUT2D eigenvalue weighted by Crippen LogP contribution is 2.31. The van der Waals surface area contributed by atoms with Crippen LogP contribution in [0, 0.1) is 0 Å². The number of nitrogens with zero attached hydrogens (tertiary/aromatic N) is 1. The Hall–Kier alpha value is -1.81. The van der Waals surface area contributed by atoms with Crippen molar-refractivity contribution in [1.29, 1.82) is 0 Å². The van der Waals surface area contributed by atoms with Crippen LogP contribution in [-0.4, -0.2) is 25.3 Å². The van der Waals surface area contributed by atoms with Crippen LogP contribution in [0.2, 0.25) is 0 Å². The maximum Gasteiger partial charge on any atom is 0.299 e. The number of anilines is 1. The molecule has 0 bridgehead atoms. The van der Waals surface area contributed by atoms with E-state index >= 15 is 0 Å². The first kappa shape index (κ1) is 12.6. The Labute approximate surface area is 110 Å². The van der Waals surface area contributed by atoms with Crippen LogP contribution in [-0.2, 0) is 4.79 Å². The molecule has 18 heavy (non-hydrogen) atoms. The van der Waals surface area contributed by atoms with Gasteiger partial charge < -0.3 is 9.64 Å². The molecule has 0 aromatic heterocycles. The average Bonchev–Trinajstić information content (AvgIpc) is 2.59. The Morgan fingerprint density at radius 1 is 1.44 bits per heavy atom. The fraction of sp³-hybridized carbons (Fsp3) is 0.231. The summed E-state index contributed by atoms with van der Waals surface area (Å²) in [5.74, 6) is -0.488. The summed E-state index contributed by atoms with van der Waals surface area (Å²) < 4.78 is 5.04. The zero-order valence-electron chi connectivity index (χ0n) is 10.1. The molecular formula is C13H12ClNO3. The lowest BCUT2D eigenvalue weighted by Crippen LogP contribution is -2.29. The monoisotopic (exact) mass is 265 g/mol. The predicted octanol–water partition coefficient (Wildman–Crippen LogP) is 2.37. The number of hydrogen-bond acceptors (Lipinski definition) is 3. The maximum absolute atomic E-state index is 11.8. The summed E-state index contributed by atoms with van der Waals surface area (Å²) in [5, 5.41) is 0.581. The summed E-state index contributed by atoms with van der Waals surface area (Å²) in [6.07, 6.45) is 1.69. The average molecular weight is 266 g/mol. The number of carbonyl (C=O) groups excluding carboxylic acids is 2. The summed E-state index contributed by atoms with van der Waals surface area (Å²) >= 11 is 5.73. The fourth-order valence-corrected chi connectivity index (χ4v) is 1.87. The van der Waals surface area contributed by atoms with Crippen LogP contribution >= 0.6 is 11.6 Å². The highest BCUT2D eigenvalue weighted by Gasteiger charge is 2.35. The first-order valence-electron chi connectivity index (χ1n) is 5.41. The minimum absolute atomic E-state index is 0.291. The molecule has 4 nitrogen and oxygen atoms in total. The standard InChI is InChI=1S/C13H12ClNO3/c1-8(14)5-6-15-11-4-3-9(18-2)7-10(11)12(16)13(15)17/h3-5,7H,6H2,1-2H3. The Balaban J connectivity index is 2.40. The number of benzene rings is 1. The third-order valence-electron chi connectivity index (χ3n) is 2.73. The van der Waals surface area contributed by atoms with E-state index in [-0.39, 0.29) is 0 Å². The Bertz CT molecular complexity index is 547. The number of amides is 1. The van der Waals surface area contributed by atoms with Gasteiger partial charge in [0.25, 0.3) is 11.7 Å². The van der Waals surface area contributed by atoms with Gasteiger partial charge in [0, 0.05) is 11.6 Å². The molecule has 0 saturated carbocycles. The van der Waals surface area contributed by atoms with E-state index in [0.29, 0.717) is 28.6 Å². The lowest BCUT2D eigenvalue weighted by atomic mass is 10.1. The van der Waals surface area contributed by atoms with Crippen LogP contribution < -0.4 is 9.64 Å². The van der Waals surface area contributed by atoms with E-state index in [9.17, 15) is 9.59 Å². The van der Waals surface area contributed by atoms with Gasteiger partial charge in [0.1, 0.15) is 5.75 Å². The van der Waals surface area contributed by atoms with Crippen molar-refractivity contribution in [2.24, 2.45) is 0 Å². The van der Waals surface area contributed by atoms with Gasteiger partial charge in [-0.05, 0) is 25.1 Å². The third kappa shape index (κ3) is 2.11. The van der Waals surface area contributed by atoms with Crippen LogP contribution in [0.5, 0.6) is 5.75 Å². The first-order chi connectivity index (χ1) is 8.54. The smallest absolute Gasteiger partial charge is 0.299 e. The van der Waals surface area contributed by atoms with E-state index in [4.69, 9.17) is 16.3 Å². The van der Waals surface area contributed by atoms with Gasteiger partial charge in [-0.3, -0.25) is 9.59 Å². The number of Topliss-reactive ketones (excluding diaryl/α,β-unsaturated/α-hetero) is 1. The Kier molecular flexibility index (Phi) is 3.39. The van der Waals surface area contributed by atoms with Crippen molar-refractivity contribution in [2.45, 2.75) is 6.92 Å². The minimum atomic E-state index is -0.535. The van der Waals surface area contributed by atoms with Gasteiger partial charge >= 0.3 is 0 Å². The van der Waals surface area contributed by atoms with E-state index in [1.165, 1.54) is 12.0 Å². The molecule has 1 aliphatic rings. The zero-order chi connectivity index (χ0) is 13.3. The van der Waals surface area contributed by atoms with Gasteiger partial charge in [-0.2, -0.15) is 0 Å². The second kappa shape index (κ2) is 4.82. The highest BCUT2D eigenvalue weighted by molar-refractivity contribution is 6.52. The molecule has 94 valence electrons. The van der Waals surface area contributed by atoms with Crippen LogP contribution in [0.4, 0.5) is 5.69 Å². The van der Waals surface area contributed by atoms with Crippen LogP contribution in [0.1, 0.15) is 17.3 Å². The fourth-order valence-electron chi connectivity index (χ4n) is 1.80. The van der Waals surface area contributed by atoms with E-state index in [1.807, 2.05) is 0 Å². The molecule has 0 unspecified atom stereocenters. The van der Waals surface area contributed by atoms with Crippen molar-refractivity contribution < 1.29 is 14.3 Å². The SMILES string of the molecule is COc1ccc2c(c1)C(=O)C(=O)N2CC=C(C)Cl. The zero-order valence-corrected chi connectivity index (χ0v) is 10.8. The van der Waals surface area contributed by atoms with Crippen molar-refractivity contribution in [3.05, 3.63) is 34.9 Å². The van der Waals surface area contributed by atoms with E-state index in [0.717, 1.165) is 0 Å². The largest absolute Gasteiger partial charge is 0.497 e. The van der Waals surface area contributed by atoms with Gasteiger partial charge in [0.2, 0.25) is 0 Å². The predicted molar refractivity (Wildman–Crippen MR) is 69.3 cm³/mol. The summed E-state index contributed by atoms with van der Waals surface area (Å²) in [4.78, 5) is 25.1. The number of halogens is 1. The molecule has 0 radical (unpaired) electrons. The van der Waals surface area contributed by atoms with E-state index in [2.05, 4.69) is 0 Å².